The zero-order valence-corrected chi connectivity index (χ0v) is 15.2. The highest BCUT2D eigenvalue weighted by Gasteiger charge is 2.26. The van der Waals surface area contributed by atoms with E-state index in [0.717, 1.165) is 37.1 Å². The lowest BCUT2D eigenvalue weighted by molar-refractivity contribution is 0.388. The van der Waals surface area contributed by atoms with E-state index in [0.29, 0.717) is 17.9 Å². The smallest absolute Gasteiger partial charge is 0.311 e. The molecule has 0 atom stereocenters. The van der Waals surface area contributed by atoms with Crippen LogP contribution in [0.3, 0.4) is 0 Å². The van der Waals surface area contributed by atoms with E-state index in [1.54, 1.807) is 6.20 Å². The van der Waals surface area contributed by atoms with Crippen LogP contribution in [-0.4, -0.2) is 15.0 Å². The highest BCUT2D eigenvalue weighted by molar-refractivity contribution is 5.27. The van der Waals surface area contributed by atoms with Crippen LogP contribution in [0.5, 0.6) is 0 Å². The van der Waals surface area contributed by atoms with Gasteiger partial charge in [0.25, 0.3) is 5.56 Å². The van der Waals surface area contributed by atoms with Gasteiger partial charge in [-0.1, -0.05) is 36.4 Å². The molecule has 27 heavy (non-hydrogen) atoms. The second kappa shape index (κ2) is 7.74. The maximum Gasteiger partial charge on any atom is 0.325 e. The molecule has 1 aliphatic carbocycles. The van der Waals surface area contributed by atoms with Crippen molar-refractivity contribution in [3.63, 3.8) is 0 Å². The third-order valence-electron chi connectivity index (χ3n) is 5.56. The first kappa shape index (κ1) is 17.5. The third-order valence-corrected chi connectivity index (χ3v) is 5.56. The van der Waals surface area contributed by atoms with Crippen LogP contribution in [0, 0.1) is 0 Å². The Hall–Kier alpha value is -2.95. The fourth-order valence-electron chi connectivity index (χ4n) is 4.18. The van der Waals surface area contributed by atoms with Gasteiger partial charge >= 0.3 is 5.69 Å². The second-order valence-corrected chi connectivity index (χ2v) is 7.26. The van der Waals surface area contributed by atoms with Gasteiger partial charge in [-0.2, -0.15) is 0 Å². The summed E-state index contributed by atoms with van der Waals surface area (Å²) < 4.78 is 0. The van der Waals surface area contributed by atoms with Crippen molar-refractivity contribution in [1.29, 1.82) is 0 Å². The fourth-order valence-corrected chi connectivity index (χ4v) is 4.18. The van der Waals surface area contributed by atoms with E-state index in [9.17, 15) is 9.59 Å². The quantitative estimate of drug-likeness (QED) is 0.747. The lowest BCUT2D eigenvalue weighted by atomic mass is 9.76. The number of benzene rings is 1. The molecule has 3 aromatic rings. The minimum absolute atomic E-state index is 0.207. The molecule has 2 heterocycles. The number of aromatic amines is 2. The van der Waals surface area contributed by atoms with Crippen molar-refractivity contribution >= 4 is 0 Å². The molecule has 138 valence electrons. The molecule has 2 aromatic heterocycles. The lowest BCUT2D eigenvalue weighted by Crippen LogP contribution is -2.30. The summed E-state index contributed by atoms with van der Waals surface area (Å²) >= 11 is 0. The van der Waals surface area contributed by atoms with E-state index in [2.05, 4.69) is 39.2 Å². The van der Waals surface area contributed by atoms with Crippen molar-refractivity contribution in [1.82, 2.24) is 15.0 Å². The van der Waals surface area contributed by atoms with Gasteiger partial charge in [0.15, 0.2) is 0 Å². The van der Waals surface area contributed by atoms with Crippen molar-refractivity contribution < 1.29 is 0 Å². The standard InChI is InChI=1S/C22H23N3O2/c26-21-19(14-18-8-4-5-13-23-18)20(24-22(27)25-21)17-11-9-16(10-12-17)15-6-2-1-3-7-15/h1-8,13,16-17H,9-12,14H2,(H2,24,25,26,27)/t16-,17-. The van der Waals surface area contributed by atoms with Crippen LogP contribution in [0.15, 0.2) is 64.3 Å². The molecule has 0 spiro atoms. The van der Waals surface area contributed by atoms with E-state index in [1.807, 2.05) is 24.3 Å². The summed E-state index contributed by atoms with van der Waals surface area (Å²) in [5, 5.41) is 0. The van der Waals surface area contributed by atoms with Crippen LogP contribution in [0.4, 0.5) is 0 Å². The van der Waals surface area contributed by atoms with E-state index < -0.39 is 5.69 Å². The lowest BCUT2D eigenvalue weighted by Gasteiger charge is -2.29. The molecule has 2 N–H and O–H groups in total. The maximum absolute atomic E-state index is 12.5. The molecule has 0 amide bonds. The first-order valence-corrected chi connectivity index (χ1v) is 9.51. The molecule has 1 aromatic carbocycles. The monoisotopic (exact) mass is 361 g/mol. The van der Waals surface area contributed by atoms with Gasteiger partial charge in [0.1, 0.15) is 0 Å². The Kier molecular flexibility index (Phi) is 5.01. The Morgan fingerprint density at radius 3 is 2.26 bits per heavy atom. The summed E-state index contributed by atoms with van der Waals surface area (Å²) in [5.41, 5.74) is 2.91. The Morgan fingerprint density at radius 2 is 1.56 bits per heavy atom. The molecule has 4 rings (SSSR count). The van der Waals surface area contributed by atoms with Gasteiger partial charge in [-0.05, 0) is 55.2 Å². The third kappa shape index (κ3) is 3.92. The van der Waals surface area contributed by atoms with E-state index >= 15 is 0 Å². The zero-order chi connectivity index (χ0) is 18.6. The molecule has 1 fully saturated rings. The number of nitrogens with one attached hydrogen (secondary N) is 2. The number of hydrogen-bond acceptors (Lipinski definition) is 3. The molecule has 0 saturated heterocycles. The van der Waals surface area contributed by atoms with Crippen molar-refractivity contribution in [2.75, 3.05) is 0 Å². The van der Waals surface area contributed by atoms with Gasteiger partial charge in [-0.25, -0.2) is 4.79 Å². The summed E-state index contributed by atoms with van der Waals surface area (Å²) in [5.74, 6) is 0.758. The average molecular weight is 361 g/mol. The van der Waals surface area contributed by atoms with E-state index in [4.69, 9.17) is 0 Å². The number of rotatable bonds is 4. The van der Waals surface area contributed by atoms with Gasteiger partial charge in [0.2, 0.25) is 0 Å². The number of pyridine rings is 1. The molecule has 5 nitrogen and oxygen atoms in total. The van der Waals surface area contributed by atoms with Crippen molar-refractivity contribution in [3.05, 3.63) is 98.1 Å². The molecule has 0 unspecified atom stereocenters. The number of hydrogen-bond donors (Lipinski definition) is 2. The Labute approximate surface area is 157 Å². The highest BCUT2D eigenvalue weighted by Crippen LogP contribution is 2.40. The summed E-state index contributed by atoms with van der Waals surface area (Å²) in [6, 6.07) is 16.3. The van der Waals surface area contributed by atoms with Crippen LogP contribution in [-0.2, 0) is 6.42 Å². The van der Waals surface area contributed by atoms with Crippen molar-refractivity contribution in [3.8, 4) is 0 Å². The van der Waals surface area contributed by atoms with E-state index in [-0.39, 0.29) is 11.5 Å². The van der Waals surface area contributed by atoms with Gasteiger partial charge in [-0.3, -0.25) is 14.8 Å². The molecule has 0 aliphatic heterocycles. The number of H-pyrrole nitrogens is 2. The van der Waals surface area contributed by atoms with Gasteiger partial charge in [0, 0.05) is 29.6 Å². The highest BCUT2D eigenvalue weighted by atomic mass is 16.2. The van der Waals surface area contributed by atoms with Crippen LogP contribution in [0.25, 0.3) is 0 Å². The van der Waals surface area contributed by atoms with Crippen LogP contribution < -0.4 is 11.2 Å². The summed E-state index contributed by atoms with van der Waals surface area (Å²) in [6.45, 7) is 0. The van der Waals surface area contributed by atoms with Crippen molar-refractivity contribution in [2.24, 2.45) is 0 Å². The first-order valence-electron chi connectivity index (χ1n) is 9.51. The average Bonchev–Trinajstić information content (AvgIpc) is 2.71. The van der Waals surface area contributed by atoms with Gasteiger partial charge in [0.05, 0.1) is 0 Å². The number of nitrogens with zero attached hydrogens (tertiary/aromatic N) is 1. The Balaban J connectivity index is 1.59. The minimum Gasteiger partial charge on any atom is -0.311 e. The maximum atomic E-state index is 12.5. The Morgan fingerprint density at radius 1 is 0.852 bits per heavy atom. The predicted octanol–water partition coefficient (Wildman–Crippen LogP) is 3.49. The predicted molar refractivity (Wildman–Crippen MR) is 105 cm³/mol. The van der Waals surface area contributed by atoms with Crippen LogP contribution >= 0.6 is 0 Å². The second-order valence-electron chi connectivity index (χ2n) is 7.26. The molecule has 0 bridgehead atoms. The first-order chi connectivity index (χ1) is 13.2. The van der Waals surface area contributed by atoms with E-state index in [1.165, 1.54) is 5.56 Å². The summed E-state index contributed by atoms with van der Waals surface area (Å²) in [6.07, 6.45) is 6.21. The SMILES string of the molecule is O=c1[nH]c(=O)c(Cc2ccccn2)c([C@H]2CC[C@H](c3ccccc3)CC2)[nH]1. The van der Waals surface area contributed by atoms with Gasteiger partial charge < -0.3 is 4.98 Å². The topological polar surface area (TPSA) is 78.6 Å². The summed E-state index contributed by atoms with van der Waals surface area (Å²) in [4.78, 5) is 34.0. The molecule has 1 aliphatic rings. The minimum atomic E-state index is -0.426. The molecule has 5 heteroatoms. The largest absolute Gasteiger partial charge is 0.325 e. The number of aromatic nitrogens is 3. The Bertz CT molecular complexity index is 1000. The normalized spacial score (nSPS) is 19.7. The zero-order valence-electron chi connectivity index (χ0n) is 15.2. The molecule has 1 saturated carbocycles. The fraction of sp³-hybridized carbons (Fsp3) is 0.318. The van der Waals surface area contributed by atoms with Gasteiger partial charge in [-0.15, -0.1) is 0 Å². The molecule has 0 radical (unpaired) electrons. The van der Waals surface area contributed by atoms with Crippen LogP contribution in [0.1, 0.15) is 60.0 Å². The molecular formula is C22H23N3O2. The summed E-state index contributed by atoms with van der Waals surface area (Å²) in [7, 11) is 0. The van der Waals surface area contributed by atoms with Crippen LogP contribution in [0.2, 0.25) is 0 Å². The van der Waals surface area contributed by atoms with Crippen molar-refractivity contribution in [2.45, 2.75) is 43.9 Å². The molecular weight excluding hydrogens is 338 g/mol.